The van der Waals surface area contributed by atoms with Gasteiger partial charge in [-0.1, -0.05) is 31.8 Å². The van der Waals surface area contributed by atoms with Gasteiger partial charge in [-0.05, 0) is 49.5 Å². The summed E-state index contributed by atoms with van der Waals surface area (Å²) in [4.78, 5) is 12.8. The Morgan fingerprint density at radius 2 is 1.77 bits per heavy atom. The van der Waals surface area contributed by atoms with Crippen LogP contribution in [0.4, 0.5) is 0 Å². The number of carbonyl (C=O) groups is 1. The average molecular weight is 294 g/mol. The summed E-state index contributed by atoms with van der Waals surface area (Å²) in [7, 11) is 0. The van der Waals surface area contributed by atoms with Crippen LogP contribution in [-0.2, 0) is 4.79 Å². The SMILES string of the molecule is C/C=C1\C(=O)C2CC3CC3CCCCCC2C1=C(C#N)C#N. The Morgan fingerprint density at radius 3 is 2.45 bits per heavy atom. The minimum atomic E-state index is 0.00556. The van der Waals surface area contributed by atoms with Gasteiger partial charge in [0.05, 0.1) is 0 Å². The molecule has 0 spiro atoms. The summed E-state index contributed by atoms with van der Waals surface area (Å²) in [5.41, 5.74) is 1.54. The van der Waals surface area contributed by atoms with Gasteiger partial charge in [0.25, 0.3) is 0 Å². The van der Waals surface area contributed by atoms with Crippen LogP contribution >= 0.6 is 0 Å². The molecule has 0 heterocycles. The first-order valence-corrected chi connectivity index (χ1v) is 8.46. The lowest BCUT2D eigenvalue weighted by Gasteiger charge is -2.20. The fourth-order valence-electron chi connectivity index (χ4n) is 4.52. The highest BCUT2D eigenvalue weighted by molar-refractivity contribution is 6.05. The van der Waals surface area contributed by atoms with E-state index in [1.54, 1.807) is 0 Å². The average Bonchev–Trinajstić information content (AvgIpc) is 3.22. The normalized spacial score (nSPS) is 36.0. The summed E-state index contributed by atoms with van der Waals surface area (Å²) in [6.45, 7) is 1.84. The molecule has 0 aromatic heterocycles. The lowest BCUT2D eigenvalue weighted by molar-refractivity contribution is -0.119. The van der Waals surface area contributed by atoms with Crippen molar-refractivity contribution in [3.63, 3.8) is 0 Å². The van der Waals surface area contributed by atoms with Crippen molar-refractivity contribution >= 4 is 5.78 Å². The predicted molar refractivity (Wildman–Crippen MR) is 83.3 cm³/mol. The number of carbonyl (C=O) groups excluding carboxylic acids is 1. The summed E-state index contributed by atoms with van der Waals surface area (Å²) < 4.78 is 0. The van der Waals surface area contributed by atoms with Gasteiger partial charge in [0.2, 0.25) is 0 Å². The first kappa shape index (κ1) is 15.0. The molecular weight excluding hydrogens is 272 g/mol. The molecule has 0 bridgehead atoms. The standard InChI is InChI=1S/C19H22N2O/c1-2-15-18(14(10-20)11-21)16-7-5-3-4-6-12-8-13(12)9-17(16)19(15)22/h2,12-13,16-17H,3-9H2,1H3/b15-2-. The third kappa shape index (κ3) is 2.50. The zero-order valence-electron chi connectivity index (χ0n) is 13.1. The number of Topliss-reactive ketones (excluding diaryl/α,β-unsaturated/α-hetero) is 1. The van der Waals surface area contributed by atoms with Crippen molar-refractivity contribution in [3.8, 4) is 12.1 Å². The van der Waals surface area contributed by atoms with Gasteiger partial charge >= 0.3 is 0 Å². The summed E-state index contributed by atoms with van der Waals surface area (Å²) in [6, 6.07) is 4.05. The van der Waals surface area contributed by atoms with Crippen LogP contribution < -0.4 is 0 Å². The van der Waals surface area contributed by atoms with E-state index in [9.17, 15) is 15.3 Å². The van der Waals surface area contributed by atoms with E-state index < -0.39 is 0 Å². The van der Waals surface area contributed by atoms with Crippen molar-refractivity contribution < 1.29 is 4.79 Å². The van der Waals surface area contributed by atoms with Gasteiger partial charge in [0.15, 0.2) is 5.78 Å². The van der Waals surface area contributed by atoms with E-state index in [0.29, 0.717) is 11.5 Å². The van der Waals surface area contributed by atoms with E-state index in [0.717, 1.165) is 30.8 Å². The van der Waals surface area contributed by atoms with Gasteiger partial charge in [-0.2, -0.15) is 10.5 Å². The molecule has 3 rings (SSSR count). The maximum atomic E-state index is 12.8. The molecule has 3 fully saturated rings. The number of fused-ring (bicyclic) bond motifs is 2. The first-order valence-electron chi connectivity index (χ1n) is 8.46. The van der Waals surface area contributed by atoms with Crippen molar-refractivity contribution in [1.82, 2.24) is 0 Å². The number of hydrogen-bond donors (Lipinski definition) is 0. The Labute approximate surface area is 132 Å². The highest BCUT2D eigenvalue weighted by atomic mass is 16.1. The Morgan fingerprint density at radius 1 is 1.05 bits per heavy atom. The van der Waals surface area contributed by atoms with Crippen molar-refractivity contribution in [3.05, 3.63) is 22.8 Å². The van der Waals surface area contributed by atoms with Gasteiger partial charge < -0.3 is 0 Å². The molecule has 0 N–H and O–H groups in total. The van der Waals surface area contributed by atoms with E-state index in [4.69, 9.17) is 0 Å². The minimum absolute atomic E-state index is 0.00556. The minimum Gasteiger partial charge on any atom is -0.294 e. The van der Waals surface area contributed by atoms with Crippen LogP contribution in [0, 0.1) is 46.3 Å². The van der Waals surface area contributed by atoms with Crippen molar-refractivity contribution in [2.45, 2.75) is 51.9 Å². The number of nitriles is 2. The first-order chi connectivity index (χ1) is 10.7. The smallest absolute Gasteiger partial charge is 0.166 e. The molecule has 0 saturated heterocycles. The summed E-state index contributed by atoms with van der Waals surface area (Å²) in [5, 5.41) is 18.6. The number of nitrogens with zero attached hydrogens (tertiary/aromatic N) is 2. The number of rotatable bonds is 0. The second-order valence-electron chi connectivity index (χ2n) is 6.92. The van der Waals surface area contributed by atoms with Crippen molar-refractivity contribution in [2.24, 2.45) is 23.7 Å². The molecule has 4 unspecified atom stereocenters. The van der Waals surface area contributed by atoms with E-state index >= 15 is 0 Å². The zero-order chi connectivity index (χ0) is 15.7. The number of allylic oxidation sites excluding steroid dienone is 4. The van der Waals surface area contributed by atoms with Crippen molar-refractivity contribution in [1.29, 1.82) is 10.5 Å². The molecule has 0 amide bonds. The Hall–Kier alpha value is -1.87. The highest BCUT2D eigenvalue weighted by Gasteiger charge is 2.48. The summed E-state index contributed by atoms with van der Waals surface area (Å²) >= 11 is 0. The molecule has 0 aromatic carbocycles. The van der Waals surface area contributed by atoms with Gasteiger partial charge in [0.1, 0.15) is 17.7 Å². The molecule has 3 nitrogen and oxygen atoms in total. The van der Waals surface area contributed by atoms with E-state index in [1.807, 2.05) is 25.1 Å². The van der Waals surface area contributed by atoms with Gasteiger partial charge in [-0.15, -0.1) is 0 Å². The lowest BCUT2D eigenvalue weighted by atomic mass is 9.82. The summed E-state index contributed by atoms with van der Waals surface area (Å²) in [5.74, 6) is 1.79. The van der Waals surface area contributed by atoms with Gasteiger partial charge in [-0.25, -0.2) is 0 Å². The monoisotopic (exact) mass is 294 g/mol. The van der Waals surface area contributed by atoms with Crippen LogP contribution in [0.2, 0.25) is 0 Å². The second kappa shape index (κ2) is 6.09. The zero-order valence-corrected chi connectivity index (χ0v) is 13.1. The molecule has 3 aliphatic carbocycles. The number of ketones is 1. The topological polar surface area (TPSA) is 64.7 Å². The molecule has 0 aliphatic heterocycles. The molecule has 114 valence electrons. The highest BCUT2D eigenvalue weighted by Crippen LogP contribution is 2.53. The molecule has 4 atom stereocenters. The maximum absolute atomic E-state index is 12.8. The quantitative estimate of drug-likeness (QED) is 0.499. The molecule has 0 aromatic rings. The summed E-state index contributed by atoms with van der Waals surface area (Å²) in [6.07, 6.45) is 9.87. The van der Waals surface area contributed by atoms with Crippen molar-refractivity contribution in [2.75, 3.05) is 0 Å². The van der Waals surface area contributed by atoms with Crippen LogP contribution in [0.25, 0.3) is 0 Å². The third-order valence-electron chi connectivity index (χ3n) is 5.75. The van der Waals surface area contributed by atoms with Crippen LogP contribution in [0.5, 0.6) is 0 Å². The van der Waals surface area contributed by atoms with E-state index in [2.05, 4.69) is 0 Å². The third-order valence-corrected chi connectivity index (χ3v) is 5.75. The lowest BCUT2D eigenvalue weighted by Crippen LogP contribution is -2.17. The largest absolute Gasteiger partial charge is 0.294 e. The van der Waals surface area contributed by atoms with Crippen LogP contribution in [0.1, 0.15) is 51.9 Å². The van der Waals surface area contributed by atoms with Crippen LogP contribution in [-0.4, -0.2) is 5.78 Å². The molecule has 3 aliphatic rings. The predicted octanol–water partition coefficient (Wildman–Crippen LogP) is 4.08. The number of hydrogen-bond acceptors (Lipinski definition) is 3. The fourth-order valence-corrected chi connectivity index (χ4v) is 4.52. The van der Waals surface area contributed by atoms with Gasteiger partial charge in [0, 0.05) is 11.5 Å². The Bertz CT molecular complexity index is 613. The van der Waals surface area contributed by atoms with Crippen LogP contribution in [0.15, 0.2) is 22.8 Å². The Balaban J connectivity index is 2.01. The van der Waals surface area contributed by atoms with Gasteiger partial charge in [-0.3, -0.25) is 4.79 Å². The molecular formula is C19H22N2O. The molecule has 3 heteroatoms. The molecule has 0 radical (unpaired) electrons. The Kier molecular flexibility index (Phi) is 4.16. The molecule has 22 heavy (non-hydrogen) atoms. The van der Waals surface area contributed by atoms with Crippen LogP contribution in [0.3, 0.4) is 0 Å². The van der Waals surface area contributed by atoms with E-state index in [1.165, 1.54) is 25.7 Å². The second-order valence-corrected chi connectivity index (χ2v) is 6.92. The maximum Gasteiger partial charge on any atom is 0.166 e. The fraction of sp³-hybridized carbons (Fsp3) is 0.632. The van der Waals surface area contributed by atoms with E-state index in [-0.39, 0.29) is 23.2 Å². The molecule has 3 saturated carbocycles.